The summed E-state index contributed by atoms with van der Waals surface area (Å²) in [6.45, 7) is 4.66. The molecule has 1 saturated heterocycles. The Balaban J connectivity index is 0.00000176. The summed E-state index contributed by atoms with van der Waals surface area (Å²) < 4.78 is 13.0. The minimum absolute atomic E-state index is 0. The Morgan fingerprint density at radius 3 is 2.50 bits per heavy atom. The monoisotopic (exact) mass is 326 g/mol. The van der Waals surface area contributed by atoms with Gasteiger partial charge in [-0.15, -0.1) is 12.4 Å². The standard InChI is InChI=1S/C17H23FN2O.ClH/c1-12(21)20(11-13-6-8-19-9-7-13)17-10-16(17)14-2-4-15(18)5-3-14;/h2-5,13,16-17,19H,6-11H2,1H3;1H. The van der Waals surface area contributed by atoms with Crippen LogP contribution < -0.4 is 5.32 Å². The lowest BCUT2D eigenvalue weighted by atomic mass is 9.97. The number of halogens is 2. The van der Waals surface area contributed by atoms with Crippen molar-refractivity contribution in [2.45, 2.75) is 38.1 Å². The van der Waals surface area contributed by atoms with E-state index < -0.39 is 0 Å². The molecule has 3 nitrogen and oxygen atoms in total. The molecule has 1 aliphatic heterocycles. The topological polar surface area (TPSA) is 32.3 Å². The summed E-state index contributed by atoms with van der Waals surface area (Å²) >= 11 is 0. The van der Waals surface area contributed by atoms with Crippen LogP contribution in [0.25, 0.3) is 0 Å². The van der Waals surface area contributed by atoms with Gasteiger partial charge in [0.1, 0.15) is 5.82 Å². The number of nitrogens with one attached hydrogen (secondary N) is 1. The van der Waals surface area contributed by atoms with E-state index in [9.17, 15) is 9.18 Å². The number of hydrogen-bond acceptors (Lipinski definition) is 2. The van der Waals surface area contributed by atoms with E-state index in [2.05, 4.69) is 5.32 Å². The molecule has 2 unspecified atom stereocenters. The molecule has 0 bridgehead atoms. The van der Waals surface area contributed by atoms with E-state index >= 15 is 0 Å². The highest BCUT2D eigenvalue weighted by Gasteiger charge is 2.44. The van der Waals surface area contributed by atoms with Gasteiger partial charge in [-0.05, 0) is 56.0 Å². The van der Waals surface area contributed by atoms with E-state index in [0.717, 1.165) is 44.5 Å². The molecule has 1 heterocycles. The minimum atomic E-state index is -0.200. The Bertz CT molecular complexity index is 502. The van der Waals surface area contributed by atoms with Crippen LogP contribution in [0.5, 0.6) is 0 Å². The third-order valence-electron chi connectivity index (χ3n) is 4.77. The van der Waals surface area contributed by atoms with Gasteiger partial charge in [0.25, 0.3) is 0 Å². The zero-order valence-corrected chi connectivity index (χ0v) is 13.7. The Hall–Kier alpha value is -1.13. The van der Waals surface area contributed by atoms with Gasteiger partial charge in [-0.2, -0.15) is 0 Å². The largest absolute Gasteiger partial charge is 0.339 e. The quantitative estimate of drug-likeness (QED) is 0.922. The molecule has 22 heavy (non-hydrogen) atoms. The normalized spacial score (nSPS) is 24.5. The molecule has 2 fully saturated rings. The van der Waals surface area contributed by atoms with Crippen LogP contribution in [0.15, 0.2) is 24.3 Å². The van der Waals surface area contributed by atoms with Crippen LogP contribution in [0.3, 0.4) is 0 Å². The first kappa shape index (κ1) is 17.2. The second-order valence-electron chi connectivity index (χ2n) is 6.33. The molecule has 2 atom stereocenters. The highest BCUT2D eigenvalue weighted by atomic mass is 35.5. The molecule has 1 aromatic rings. The molecule has 1 saturated carbocycles. The molecule has 2 aliphatic rings. The number of benzene rings is 1. The number of rotatable bonds is 4. The summed E-state index contributed by atoms with van der Waals surface area (Å²) in [5, 5.41) is 3.36. The fourth-order valence-corrected chi connectivity index (χ4v) is 3.43. The van der Waals surface area contributed by atoms with Crippen LogP contribution in [0, 0.1) is 11.7 Å². The molecular weight excluding hydrogens is 303 g/mol. The summed E-state index contributed by atoms with van der Waals surface area (Å²) in [6, 6.07) is 7.03. The smallest absolute Gasteiger partial charge is 0.219 e. The van der Waals surface area contributed by atoms with Crippen molar-refractivity contribution in [3.8, 4) is 0 Å². The molecule has 5 heteroatoms. The number of carbonyl (C=O) groups excluding carboxylic acids is 1. The lowest BCUT2D eigenvalue weighted by Crippen LogP contribution is -2.40. The van der Waals surface area contributed by atoms with Gasteiger partial charge < -0.3 is 10.2 Å². The third-order valence-corrected chi connectivity index (χ3v) is 4.77. The van der Waals surface area contributed by atoms with Gasteiger partial charge in [-0.3, -0.25) is 4.79 Å². The predicted octanol–water partition coefficient (Wildman–Crippen LogP) is 2.95. The Kier molecular flexibility index (Phi) is 5.81. The van der Waals surface area contributed by atoms with Crippen LogP contribution in [0.1, 0.15) is 37.7 Å². The molecular formula is C17H24ClFN2O. The van der Waals surface area contributed by atoms with Crippen molar-refractivity contribution in [2.24, 2.45) is 5.92 Å². The number of carbonyl (C=O) groups is 1. The predicted molar refractivity (Wildman–Crippen MR) is 87.8 cm³/mol. The number of nitrogens with zero attached hydrogens (tertiary/aromatic N) is 1. The van der Waals surface area contributed by atoms with Gasteiger partial charge >= 0.3 is 0 Å². The van der Waals surface area contributed by atoms with Crippen molar-refractivity contribution in [1.82, 2.24) is 10.2 Å². The molecule has 0 aromatic heterocycles. The van der Waals surface area contributed by atoms with E-state index in [-0.39, 0.29) is 24.1 Å². The number of hydrogen-bond donors (Lipinski definition) is 1. The third kappa shape index (κ3) is 3.99. The second-order valence-corrected chi connectivity index (χ2v) is 6.33. The Morgan fingerprint density at radius 1 is 1.27 bits per heavy atom. The number of amides is 1. The van der Waals surface area contributed by atoms with Crippen molar-refractivity contribution >= 4 is 18.3 Å². The van der Waals surface area contributed by atoms with Gasteiger partial charge in [0, 0.05) is 25.4 Å². The van der Waals surface area contributed by atoms with Gasteiger partial charge in [0.15, 0.2) is 0 Å². The van der Waals surface area contributed by atoms with Crippen LogP contribution in [-0.2, 0) is 4.79 Å². The lowest BCUT2D eigenvalue weighted by molar-refractivity contribution is -0.130. The van der Waals surface area contributed by atoms with Crippen molar-refractivity contribution in [1.29, 1.82) is 0 Å². The first-order valence-corrected chi connectivity index (χ1v) is 7.88. The van der Waals surface area contributed by atoms with Gasteiger partial charge in [0.2, 0.25) is 5.91 Å². The molecule has 1 amide bonds. The first-order chi connectivity index (χ1) is 10.1. The summed E-state index contributed by atoms with van der Waals surface area (Å²) in [5.41, 5.74) is 1.15. The molecule has 0 spiro atoms. The highest BCUT2D eigenvalue weighted by Crippen LogP contribution is 2.45. The highest BCUT2D eigenvalue weighted by molar-refractivity contribution is 5.85. The molecule has 1 N–H and O–H groups in total. The molecule has 0 radical (unpaired) electrons. The van der Waals surface area contributed by atoms with Gasteiger partial charge in [-0.25, -0.2) is 4.39 Å². The molecule has 1 aliphatic carbocycles. The van der Waals surface area contributed by atoms with E-state index in [1.807, 2.05) is 17.0 Å². The van der Waals surface area contributed by atoms with Crippen LogP contribution in [0.4, 0.5) is 4.39 Å². The summed E-state index contributed by atoms with van der Waals surface area (Å²) in [4.78, 5) is 14.0. The van der Waals surface area contributed by atoms with Crippen LogP contribution >= 0.6 is 12.4 Å². The maximum Gasteiger partial charge on any atom is 0.219 e. The lowest BCUT2D eigenvalue weighted by Gasteiger charge is -2.30. The SMILES string of the molecule is CC(=O)N(CC1CCNCC1)C1CC1c1ccc(F)cc1.Cl. The molecule has 122 valence electrons. The van der Waals surface area contributed by atoms with E-state index in [1.165, 1.54) is 12.1 Å². The summed E-state index contributed by atoms with van der Waals surface area (Å²) in [5.74, 6) is 0.970. The zero-order chi connectivity index (χ0) is 14.8. The number of piperidine rings is 1. The minimum Gasteiger partial charge on any atom is -0.339 e. The van der Waals surface area contributed by atoms with E-state index in [4.69, 9.17) is 0 Å². The van der Waals surface area contributed by atoms with Crippen LogP contribution in [0.2, 0.25) is 0 Å². The maximum atomic E-state index is 13.0. The van der Waals surface area contributed by atoms with E-state index in [1.54, 1.807) is 6.92 Å². The van der Waals surface area contributed by atoms with E-state index in [0.29, 0.717) is 17.9 Å². The zero-order valence-electron chi connectivity index (χ0n) is 12.9. The summed E-state index contributed by atoms with van der Waals surface area (Å²) in [6.07, 6.45) is 3.31. The van der Waals surface area contributed by atoms with Crippen molar-refractivity contribution in [2.75, 3.05) is 19.6 Å². The van der Waals surface area contributed by atoms with Crippen molar-refractivity contribution in [3.63, 3.8) is 0 Å². The fourth-order valence-electron chi connectivity index (χ4n) is 3.43. The van der Waals surface area contributed by atoms with Gasteiger partial charge in [-0.1, -0.05) is 12.1 Å². The first-order valence-electron chi connectivity index (χ1n) is 7.88. The average Bonchev–Trinajstić information content (AvgIpc) is 3.26. The Morgan fingerprint density at radius 2 is 1.91 bits per heavy atom. The molecule has 3 rings (SSSR count). The van der Waals surface area contributed by atoms with Crippen molar-refractivity contribution in [3.05, 3.63) is 35.6 Å². The van der Waals surface area contributed by atoms with Gasteiger partial charge in [0.05, 0.1) is 0 Å². The second kappa shape index (κ2) is 7.42. The molecule has 1 aromatic carbocycles. The maximum absolute atomic E-state index is 13.0. The van der Waals surface area contributed by atoms with Crippen molar-refractivity contribution < 1.29 is 9.18 Å². The fraction of sp³-hybridized carbons (Fsp3) is 0.588. The van der Waals surface area contributed by atoms with Crippen LogP contribution in [-0.4, -0.2) is 36.5 Å². The Labute approximate surface area is 137 Å². The average molecular weight is 327 g/mol. The summed E-state index contributed by atoms with van der Waals surface area (Å²) in [7, 11) is 0.